The second-order valence-electron chi connectivity index (χ2n) is 8.94. The minimum atomic E-state index is -0.728. The van der Waals surface area contributed by atoms with Crippen LogP contribution in [0.2, 0.25) is 0 Å². The molecule has 0 bridgehead atoms. The Kier molecular flexibility index (Phi) is 10.3. The third kappa shape index (κ3) is 7.26. The molecule has 7 nitrogen and oxygen atoms in total. The number of allylic oxidation sites excluding steroid dienone is 4. The fourth-order valence-corrected chi connectivity index (χ4v) is 4.25. The van der Waals surface area contributed by atoms with E-state index in [1.807, 2.05) is 37.9 Å². The number of piperazine rings is 1. The van der Waals surface area contributed by atoms with E-state index in [0.29, 0.717) is 54.1 Å². The lowest BCUT2D eigenvalue weighted by molar-refractivity contribution is -0.115. The zero-order valence-corrected chi connectivity index (χ0v) is 22.9. The maximum absolute atomic E-state index is 15.0. The van der Waals surface area contributed by atoms with E-state index in [-0.39, 0.29) is 17.5 Å². The van der Waals surface area contributed by atoms with Crippen LogP contribution >= 0.6 is 0 Å². The second-order valence-corrected chi connectivity index (χ2v) is 8.94. The summed E-state index contributed by atoms with van der Waals surface area (Å²) in [5, 5.41) is 5.45. The first-order chi connectivity index (χ1) is 18.8. The lowest BCUT2D eigenvalue weighted by Crippen LogP contribution is -2.44. The van der Waals surface area contributed by atoms with E-state index in [1.165, 1.54) is 24.4 Å². The number of carbonyl (C=O) groups is 1. The van der Waals surface area contributed by atoms with Crippen molar-refractivity contribution in [1.82, 2.24) is 20.2 Å². The number of nitrogens with zero attached hydrogens (tertiary/aromatic N) is 4. The van der Waals surface area contributed by atoms with Crippen LogP contribution in [0.5, 0.6) is 0 Å². The average molecular weight is 535 g/mol. The maximum Gasteiger partial charge on any atom is 0.247 e. The van der Waals surface area contributed by atoms with Gasteiger partial charge in [0.25, 0.3) is 0 Å². The summed E-state index contributed by atoms with van der Waals surface area (Å²) in [4.78, 5) is 24.6. The van der Waals surface area contributed by atoms with E-state index in [2.05, 4.69) is 45.2 Å². The number of anilines is 3. The molecule has 1 aliphatic heterocycles. The SMILES string of the molecule is C=CC(=O)NC1=CCCC(C(=C)c2nc(Nc3c(F)cc(N4CCN(C)CC4)cc3F)ncc2C=C)=C1.CC. The zero-order chi connectivity index (χ0) is 28.5. The number of rotatable bonds is 8. The van der Waals surface area contributed by atoms with E-state index in [9.17, 15) is 4.79 Å². The van der Waals surface area contributed by atoms with E-state index in [1.54, 1.807) is 6.08 Å². The molecule has 0 atom stereocenters. The molecule has 1 aromatic carbocycles. The highest BCUT2D eigenvalue weighted by Gasteiger charge is 2.20. The summed E-state index contributed by atoms with van der Waals surface area (Å²) in [7, 11) is 2.02. The van der Waals surface area contributed by atoms with Crippen molar-refractivity contribution in [2.45, 2.75) is 26.7 Å². The van der Waals surface area contributed by atoms with Crippen LogP contribution in [-0.4, -0.2) is 54.0 Å². The second kappa shape index (κ2) is 13.6. The number of nitrogens with one attached hydrogen (secondary N) is 2. The van der Waals surface area contributed by atoms with Crippen molar-refractivity contribution in [3.8, 4) is 0 Å². The molecule has 1 amide bonds. The van der Waals surface area contributed by atoms with Crippen molar-refractivity contribution in [2.24, 2.45) is 0 Å². The molecule has 1 saturated heterocycles. The molecule has 4 rings (SSSR count). The molecule has 1 aliphatic carbocycles. The Morgan fingerprint density at radius 1 is 1.10 bits per heavy atom. The minimum absolute atomic E-state index is 0.0269. The fraction of sp³-hybridized carbons (Fsp3) is 0.300. The Hall–Kier alpha value is -4.11. The molecule has 2 aromatic rings. The molecule has 1 aromatic heterocycles. The summed E-state index contributed by atoms with van der Waals surface area (Å²) in [6.45, 7) is 18.5. The van der Waals surface area contributed by atoms with Crippen LogP contribution in [0.25, 0.3) is 11.6 Å². The van der Waals surface area contributed by atoms with E-state index < -0.39 is 11.6 Å². The summed E-state index contributed by atoms with van der Waals surface area (Å²) in [5.74, 6) is -1.74. The molecule has 0 spiro atoms. The van der Waals surface area contributed by atoms with Gasteiger partial charge >= 0.3 is 0 Å². The number of benzene rings is 1. The lowest BCUT2D eigenvalue weighted by atomic mass is 9.93. The molecule has 2 aliphatic rings. The normalized spacial score (nSPS) is 15.3. The topological polar surface area (TPSA) is 73.4 Å². The Balaban J connectivity index is 0.00000205. The van der Waals surface area contributed by atoms with Crippen molar-refractivity contribution in [3.63, 3.8) is 0 Å². The van der Waals surface area contributed by atoms with E-state index >= 15 is 8.78 Å². The number of hydrogen-bond donors (Lipinski definition) is 2. The van der Waals surface area contributed by atoms with Crippen LogP contribution < -0.4 is 15.5 Å². The number of likely N-dealkylation sites (N-methyl/N-ethyl adjacent to an activating group) is 1. The van der Waals surface area contributed by atoms with Gasteiger partial charge < -0.3 is 20.4 Å². The highest BCUT2D eigenvalue weighted by Crippen LogP contribution is 2.32. The van der Waals surface area contributed by atoms with Crippen molar-refractivity contribution < 1.29 is 13.6 Å². The van der Waals surface area contributed by atoms with Crippen molar-refractivity contribution >= 4 is 34.9 Å². The van der Waals surface area contributed by atoms with E-state index in [0.717, 1.165) is 18.7 Å². The predicted octanol–water partition coefficient (Wildman–Crippen LogP) is 5.84. The Bertz CT molecular complexity index is 1290. The smallest absolute Gasteiger partial charge is 0.247 e. The first-order valence-electron chi connectivity index (χ1n) is 13.0. The quantitative estimate of drug-likeness (QED) is 0.415. The highest BCUT2D eigenvalue weighted by atomic mass is 19.1. The third-order valence-electron chi connectivity index (χ3n) is 6.40. The van der Waals surface area contributed by atoms with Gasteiger partial charge in [0.1, 0.15) is 5.69 Å². The highest BCUT2D eigenvalue weighted by molar-refractivity contribution is 5.89. The predicted molar refractivity (Wildman–Crippen MR) is 156 cm³/mol. The molecular formula is C30H36F2N6O. The van der Waals surface area contributed by atoms with Gasteiger partial charge in [-0.1, -0.05) is 45.7 Å². The van der Waals surface area contributed by atoms with Crippen LogP contribution in [0.3, 0.4) is 0 Å². The van der Waals surface area contributed by atoms with Gasteiger partial charge in [0.15, 0.2) is 11.6 Å². The molecule has 39 heavy (non-hydrogen) atoms. The lowest BCUT2D eigenvalue weighted by Gasteiger charge is -2.34. The molecule has 0 radical (unpaired) electrons. The molecule has 2 N–H and O–H groups in total. The van der Waals surface area contributed by atoms with E-state index in [4.69, 9.17) is 0 Å². The van der Waals surface area contributed by atoms with Crippen molar-refractivity contribution in [2.75, 3.05) is 43.4 Å². The standard InChI is InChI=1S/C28H30F2N6O.C2H6/c1-5-19-17-31-28(33-26(19)18(3)20-8-7-9-21(14-20)32-25(37)6-2)34-27-23(29)15-22(16-24(27)30)36-12-10-35(4)11-13-36;1-2/h5-6,9,14-17H,1-3,7-8,10-13H2,4H3,(H,32,37)(H,31,33,34);1-2H3. The summed E-state index contributed by atoms with van der Waals surface area (Å²) >= 11 is 0. The average Bonchev–Trinajstić information content (AvgIpc) is 2.96. The Morgan fingerprint density at radius 3 is 2.38 bits per heavy atom. The van der Waals surface area contributed by atoms with Crippen LogP contribution in [0, 0.1) is 11.6 Å². The van der Waals surface area contributed by atoms with Crippen LogP contribution in [0.4, 0.5) is 26.1 Å². The number of amides is 1. The van der Waals surface area contributed by atoms with Gasteiger partial charge in [-0.15, -0.1) is 0 Å². The number of aromatic nitrogens is 2. The largest absolute Gasteiger partial charge is 0.369 e. The summed E-state index contributed by atoms with van der Waals surface area (Å²) in [6.07, 6.45) is 9.45. The Labute approximate surface area is 229 Å². The first-order valence-corrected chi connectivity index (χ1v) is 13.0. The van der Waals surface area contributed by atoms with Crippen molar-refractivity contribution in [3.05, 3.63) is 90.5 Å². The first kappa shape index (κ1) is 29.4. The molecule has 9 heteroatoms. The number of carbonyl (C=O) groups excluding carboxylic acids is 1. The fourth-order valence-electron chi connectivity index (χ4n) is 4.25. The molecule has 0 saturated carbocycles. The Morgan fingerprint density at radius 2 is 1.77 bits per heavy atom. The maximum atomic E-state index is 15.0. The van der Waals surface area contributed by atoms with Crippen LogP contribution in [-0.2, 0) is 4.79 Å². The van der Waals surface area contributed by atoms with Gasteiger partial charge in [0, 0.05) is 49.3 Å². The van der Waals surface area contributed by atoms with Crippen molar-refractivity contribution in [1.29, 1.82) is 0 Å². The van der Waals surface area contributed by atoms with Crippen LogP contribution in [0.1, 0.15) is 37.9 Å². The third-order valence-corrected chi connectivity index (χ3v) is 6.40. The molecule has 1 fully saturated rings. The summed E-state index contributed by atoms with van der Waals surface area (Å²) in [5.41, 5.74) is 3.38. The monoisotopic (exact) mass is 534 g/mol. The van der Waals surface area contributed by atoms with Gasteiger partial charge in [-0.05, 0) is 55.3 Å². The molecule has 2 heterocycles. The van der Waals surface area contributed by atoms with Gasteiger partial charge in [-0.2, -0.15) is 0 Å². The molecule has 206 valence electrons. The molecular weight excluding hydrogens is 498 g/mol. The number of halogens is 2. The van der Waals surface area contributed by atoms with Gasteiger partial charge in [-0.3, -0.25) is 4.79 Å². The van der Waals surface area contributed by atoms with Gasteiger partial charge in [0.05, 0.1) is 5.69 Å². The minimum Gasteiger partial charge on any atom is -0.369 e. The zero-order valence-electron chi connectivity index (χ0n) is 22.9. The summed E-state index contributed by atoms with van der Waals surface area (Å²) < 4.78 is 30.0. The van der Waals surface area contributed by atoms with Crippen LogP contribution in [0.15, 0.2) is 67.6 Å². The van der Waals surface area contributed by atoms with Gasteiger partial charge in [0.2, 0.25) is 11.9 Å². The van der Waals surface area contributed by atoms with Gasteiger partial charge in [-0.25, -0.2) is 18.7 Å². The number of hydrogen-bond acceptors (Lipinski definition) is 6. The molecule has 0 unspecified atom stereocenters. The summed E-state index contributed by atoms with van der Waals surface area (Å²) in [6, 6.07) is 2.65.